The van der Waals surface area contributed by atoms with Crippen molar-refractivity contribution in [3.63, 3.8) is 0 Å². The van der Waals surface area contributed by atoms with Gasteiger partial charge in [0.1, 0.15) is 0 Å². The Hall–Kier alpha value is -3.23. The van der Waals surface area contributed by atoms with E-state index in [4.69, 9.17) is 9.47 Å². The molecule has 0 atom stereocenters. The summed E-state index contributed by atoms with van der Waals surface area (Å²) in [6.07, 6.45) is 2.43. The van der Waals surface area contributed by atoms with E-state index in [9.17, 15) is 4.79 Å². The SMILES string of the molecule is COc1cccc(NC(=O)N2CCN(c3ccc(N4CCCC4)nn3)CC2)c1OC. The minimum Gasteiger partial charge on any atom is -0.493 e. The Morgan fingerprint density at radius 2 is 1.50 bits per heavy atom. The van der Waals surface area contributed by atoms with Crippen molar-refractivity contribution in [1.29, 1.82) is 0 Å². The molecule has 30 heavy (non-hydrogen) atoms. The Kier molecular flexibility index (Phi) is 6.06. The lowest BCUT2D eigenvalue weighted by Gasteiger charge is -2.35. The Labute approximate surface area is 176 Å². The minimum absolute atomic E-state index is 0.156. The van der Waals surface area contributed by atoms with Gasteiger partial charge in [-0.1, -0.05) is 6.07 Å². The molecule has 4 rings (SSSR count). The van der Waals surface area contributed by atoms with Crippen LogP contribution in [0.25, 0.3) is 0 Å². The number of carbonyl (C=O) groups is 1. The van der Waals surface area contributed by atoms with E-state index in [0.717, 1.165) is 24.7 Å². The molecule has 1 aromatic heterocycles. The summed E-state index contributed by atoms with van der Waals surface area (Å²) in [4.78, 5) is 19.0. The van der Waals surface area contributed by atoms with Gasteiger partial charge in [0.2, 0.25) is 0 Å². The summed E-state index contributed by atoms with van der Waals surface area (Å²) in [5, 5.41) is 11.7. The van der Waals surface area contributed by atoms with Crippen LogP contribution in [0.4, 0.5) is 22.1 Å². The predicted molar refractivity (Wildman–Crippen MR) is 116 cm³/mol. The second-order valence-electron chi connectivity index (χ2n) is 7.39. The molecule has 2 aliphatic rings. The minimum atomic E-state index is -0.156. The van der Waals surface area contributed by atoms with Gasteiger partial charge in [-0.15, -0.1) is 10.2 Å². The topological polar surface area (TPSA) is 83.1 Å². The molecule has 0 radical (unpaired) electrons. The van der Waals surface area contributed by atoms with E-state index in [1.54, 1.807) is 31.3 Å². The fourth-order valence-electron chi connectivity index (χ4n) is 3.92. The van der Waals surface area contributed by atoms with Gasteiger partial charge in [-0.2, -0.15) is 0 Å². The maximum atomic E-state index is 12.7. The lowest BCUT2D eigenvalue weighted by atomic mass is 10.2. The molecule has 9 heteroatoms. The second-order valence-corrected chi connectivity index (χ2v) is 7.39. The van der Waals surface area contributed by atoms with Crippen LogP contribution in [-0.4, -0.2) is 74.6 Å². The van der Waals surface area contributed by atoms with E-state index in [1.807, 2.05) is 18.2 Å². The summed E-state index contributed by atoms with van der Waals surface area (Å²) < 4.78 is 10.7. The number of benzene rings is 1. The number of anilines is 3. The molecule has 9 nitrogen and oxygen atoms in total. The summed E-state index contributed by atoms with van der Waals surface area (Å²) in [7, 11) is 3.13. The number of ether oxygens (including phenoxy) is 2. The Balaban J connectivity index is 1.33. The Morgan fingerprint density at radius 1 is 0.867 bits per heavy atom. The van der Waals surface area contributed by atoms with Gasteiger partial charge in [-0.25, -0.2) is 4.79 Å². The number of nitrogens with zero attached hydrogens (tertiary/aromatic N) is 5. The van der Waals surface area contributed by atoms with E-state index in [-0.39, 0.29) is 6.03 Å². The third-order valence-corrected chi connectivity index (χ3v) is 5.60. The zero-order valence-electron chi connectivity index (χ0n) is 17.5. The van der Waals surface area contributed by atoms with Gasteiger partial charge in [0.15, 0.2) is 23.1 Å². The lowest BCUT2D eigenvalue weighted by molar-refractivity contribution is 0.208. The number of nitrogens with one attached hydrogen (secondary N) is 1. The third-order valence-electron chi connectivity index (χ3n) is 5.60. The average molecular weight is 412 g/mol. The Morgan fingerprint density at radius 3 is 2.07 bits per heavy atom. The number of urea groups is 1. The second kappa shape index (κ2) is 9.06. The van der Waals surface area contributed by atoms with Crippen LogP contribution in [0.5, 0.6) is 11.5 Å². The van der Waals surface area contributed by atoms with E-state index >= 15 is 0 Å². The zero-order valence-corrected chi connectivity index (χ0v) is 17.5. The van der Waals surface area contributed by atoms with Crippen LogP contribution in [0, 0.1) is 0 Å². The summed E-state index contributed by atoms with van der Waals surface area (Å²) in [5.74, 6) is 2.89. The molecule has 0 aliphatic carbocycles. The number of rotatable bonds is 5. The predicted octanol–water partition coefficient (Wildman–Crippen LogP) is 2.45. The monoisotopic (exact) mass is 412 g/mol. The summed E-state index contributed by atoms with van der Waals surface area (Å²) in [6.45, 7) is 4.74. The molecule has 0 saturated carbocycles. The Bertz CT molecular complexity index is 862. The van der Waals surface area contributed by atoms with E-state index in [1.165, 1.54) is 12.8 Å². The molecule has 0 bridgehead atoms. The third kappa shape index (κ3) is 4.19. The first-order chi connectivity index (χ1) is 14.7. The fraction of sp³-hybridized carbons (Fsp3) is 0.476. The number of piperazine rings is 1. The summed E-state index contributed by atoms with van der Waals surface area (Å²) in [5.41, 5.74) is 0.590. The van der Waals surface area contributed by atoms with Gasteiger partial charge in [-0.3, -0.25) is 0 Å². The van der Waals surface area contributed by atoms with Crippen molar-refractivity contribution in [3.8, 4) is 11.5 Å². The maximum absolute atomic E-state index is 12.7. The smallest absolute Gasteiger partial charge is 0.322 e. The van der Waals surface area contributed by atoms with Crippen molar-refractivity contribution in [3.05, 3.63) is 30.3 Å². The number of para-hydroxylation sites is 1. The van der Waals surface area contributed by atoms with Crippen molar-refractivity contribution < 1.29 is 14.3 Å². The number of hydrogen-bond acceptors (Lipinski definition) is 7. The fourth-order valence-corrected chi connectivity index (χ4v) is 3.92. The standard InChI is InChI=1S/C21H28N6O3/c1-29-17-7-5-6-16(20(17)30-2)22-21(28)27-14-12-26(13-15-27)19-9-8-18(23-24-19)25-10-3-4-11-25/h5-9H,3-4,10-15H2,1-2H3,(H,22,28). The largest absolute Gasteiger partial charge is 0.493 e. The molecule has 0 unspecified atom stereocenters. The molecule has 160 valence electrons. The van der Waals surface area contributed by atoms with E-state index < -0.39 is 0 Å². The molecule has 0 spiro atoms. The summed E-state index contributed by atoms with van der Waals surface area (Å²) >= 11 is 0. The van der Waals surface area contributed by atoms with Crippen LogP contribution in [0.3, 0.4) is 0 Å². The van der Waals surface area contributed by atoms with Gasteiger partial charge in [0.05, 0.1) is 19.9 Å². The van der Waals surface area contributed by atoms with Crippen molar-refractivity contribution in [2.45, 2.75) is 12.8 Å². The molecule has 1 aromatic carbocycles. The first-order valence-electron chi connectivity index (χ1n) is 10.3. The molecule has 2 fully saturated rings. The maximum Gasteiger partial charge on any atom is 0.322 e. The van der Waals surface area contributed by atoms with E-state index in [2.05, 4.69) is 25.3 Å². The highest BCUT2D eigenvalue weighted by Crippen LogP contribution is 2.34. The molecule has 2 aliphatic heterocycles. The molecule has 1 N–H and O–H groups in total. The van der Waals surface area contributed by atoms with Crippen LogP contribution in [-0.2, 0) is 0 Å². The molecular formula is C21H28N6O3. The van der Waals surface area contributed by atoms with Crippen LogP contribution in [0.2, 0.25) is 0 Å². The number of amides is 2. The van der Waals surface area contributed by atoms with Gasteiger partial charge in [-0.05, 0) is 37.1 Å². The first kappa shape index (κ1) is 20.1. The normalized spacial score (nSPS) is 16.5. The van der Waals surface area contributed by atoms with Crippen molar-refractivity contribution in [2.75, 3.05) is 68.6 Å². The van der Waals surface area contributed by atoms with Gasteiger partial charge in [0, 0.05) is 39.3 Å². The highest BCUT2D eigenvalue weighted by atomic mass is 16.5. The molecule has 2 saturated heterocycles. The molecular weight excluding hydrogens is 384 g/mol. The van der Waals surface area contributed by atoms with Crippen LogP contribution in [0.1, 0.15) is 12.8 Å². The van der Waals surface area contributed by atoms with Gasteiger partial charge in [0.25, 0.3) is 0 Å². The molecule has 2 amide bonds. The number of aromatic nitrogens is 2. The number of methoxy groups -OCH3 is 2. The molecule has 2 aromatic rings. The highest BCUT2D eigenvalue weighted by molar-refractivity contribution is 5.91. The van der Waals surface area contributed by atoms with Crippen molar-refractivity contribution >= 4 is 23.4 Å². The van der Waals surface area contributed by atoms with E-state index in [0.29, 0.717) is 43.4 Å². The number of hydrogen-bond donors (Lipinski definition) is 1. The highest BCUT2D eigenvalue weighted by Gasteiger charge is 2.24. The van der Waals surface area contributed by atoms with Crippen molar-refractivity contribution in [1.82, 2.24) is 15.1 Å². The first-order valence-corrected chi connectivity index (χ1v) is 10.3. The lowest BCUT2D eigenvalue weighted by Crippen LogP contribution is -2.50. The van der Waals surface area contributed by atoms with Crippen LogP contribution < -0.4 is 24.6 Å². The van der Waals surface area contributed by atoms with Gasteiger partial charge >= 0.3 is 6.03 Å². The quantitative estimate of drug-likeness (QED) is 0.808. The zero-order chi connectivity index (χ0) is 20.9. The number of carbonyl (C=O) groups excluding carboxylic acids is 1. The van der Waals surface area contributed by atoms with Crippen LogP contribution in [0.15, 0.2) is 30.3 Å². The average Bonchev–Trinajstić information content (AvgIpc) is 3.34. The molecule has 3 heterocycles. The summed E-state index contributed by atoms with van der Waals surface area (Å²) in [6, 6.07) is 9.33. The van der Waals surface area contributed by atoms with Crippen molar-refractivity contribution in [2.24, 2.45) is 0 Å². The van der Waals surface area contributed by atoms with Crippen LogP contribution >= 0.6 is 0 Å². The van der Waals surface area contributed by atoms with Gasteiger partial charge < -0.3 is 29.5 Å².